The lowest BCUT2D eigenvalue weighted by Gasteiger charge is -2.47. The van der Waals surface area contributed by atoms with Crippen molar-refractivity contribution in [2.24, 2.45) is 10.8 Å². The number of amides is 2. The molecular weight excluding hydrogens is 633 g/mol. The maximum atomic E-state index is 13.4. The Morgan fingerprint density at radius 1 is 0.761 bits per heavy atom. The summed E-state index contributed by atoms with van der Waals surface area (Å²) in [6.07, 6.45) is 2.11. The first-order valence-electron chi connectivity index (χ1n) is 15.6. The van der Waals surface area contributed by atoms with Gasteiger partial charge in [-0.25, -0.2) is 16.8 Å². The van der Waals surface area contributed by atoms with Crippen molar-refractivity contribution in [3.8, 4) is 0 Å². The first-order chi connectivity index (χ1) is 21.7. The third kappa shape index (κ3) is 7.97. The van der Waals surface area contributed by atoms with Gasteiger partial charge in [0.15, 0.2) is 0 Å². The maximum absolute atomic E-state index is 13.4. The van der Waals surface area contributed by atoms with Crippen LogP contribution in [0, 0.1) is 10.8 Å². The predicted molar refractivity (Wildman–Crippen MR) is 171 cm³/mol. The SMILES string of the molecule is CC1(C)C[C@H](NC(=O)c2cccc(S(=O)(=O)N3CCOCC3)c2)C[C@@](C)(CNC(=O)c2cccc(S(=O)(=O)N3CCOCC3)c2)C1. The average Bonchev–Trinajstić information content (AvgIpc) is 3.03. The Morgan fingerprint density at radius 2 is 1.24 bits per heavy atom. The number of nitrogens with one attached hydrogen (secondary N) is 2. The van der Waals surface area contributed by atoms with Crippen LogP contribution in [-0.2, 0) is 29.5 Å². The van der Waals surface area contributed by atoms with Crippen molar-refractivity contribution in [3.63, 3.8) is 0 Å². The largest absolute Gasteiger partial charge is 0.379 e. The molecule has 1 aliphatic carbocycles. The summed E-state index contributed by atoms with van der Waals surface area (Å²) in [5.74, 6) is -0.728. The molecule has 2 amide bonds. The Kier molecular flexibility index (Phi) is 10.3. The van der Waals surface area contributed by atoms with E-state index in [1.807, 2.05) is 0 Å². The van der Waals surface area contributed by atoms with Crippen LogP contribution in [0.2, 0.25) is 0 Å². The Morgan fingerprint density at radius 3 is 1.74 bits per heavy atom. The number of carbonyl (C=O) groups is 2. The number of benzene rings is 2. The first-order valence-corrected chi connectivity index (χ1v) is 18.5. The Bertz CT molecular complexity index is 1650. The number of morpholine rings is 2. The van der Waals surface area contributed by atoms with E-state index in [0.717, 1.165) is 12.8 Å². The van der Waals surface area contributed by atoms with Gasteiger partial charge in [-0.1, -0.05) is 32.9 Å². The molecule has 2 aliphatic heterocycles. The van der Waals surface area contributed by atoms with Gasteiger partial charge in [-0.05, 0) is 66.5 Å². The molecule has 0 bridgehead atoms. The molecule has 2 heterocycles. The minimum atomic E-state index is -3.75. The van der Waals surface area contributed by atoms with Crippen molar-refractivity contribution in [3.05, 3.63) is 59.7 Å². The van der Waals surface area contributed by atoms with Crippen LogP contribution in [0.1, 0.15) is 60.7 Å². The number of ether oxygens (including phenoxy) is 2. The molecule has 1 saturated carbocycles. The molecule has 5 rings (SSSR count). The summed E-state index contributed by atoms with van der Waals surface area (Å²) < 4.78 is 65.9. The normalized spacial score (nSPS) is 24.6. The number of hydrogen-bond acceptors (Lipinski definition) is 8. The summed E-state index contributed by atoms with van der Waals surface area (Å²) in [7, 11) is -7.50. The maximum Gasteiger partial charge on any atom is 0.251 e. The van der Waals surface area contributed by atoms with E-state index in [1.54, 1.807) is 24.3 Å². The fourth-order valence-electron chi connectivity index (χ4n) is 7.00. The highest BCUT2D eigenvalue weighted by Crippen LogP contribution is 2.46. The summed E-state index contributed by atoms with van der Waals surface area (Å²) in [6.45, 7) is 9.05. The monoisotopic (exact) mass is 676 g/mol. The van der Waals surface area contributed by atoms with Gasteiger partial charge < -0.3 is 20.1 Å². The van der Waals surface area contributed by atoms with Crippen molar-refractivity contribution in [1.29, 1.82) is 0 Å². The molecule has 46 heavy (non-hydrogen) atoms. The average molecular weight is 677 g/mol. The highest BCUT2D eigenvalue weighted by Gasteiger charge is 2.42. The predicted octanol–water partition coefficient (Wildman–Crippen LogP) is 2.47. The van der Waals surface area contributed by atoms with Gasteiger partial charge in [0.1, 0.15) is 0 Å². The van der Waals surface area contributed by atoms with Gasteiger partial charge in [0.2, 0.25) is 20.0 Å². The van der Waals surface area contributed by atoms with Gasteiger partial charge in [-0.15, -0.1) is 0 Å². The van der Waals surface area contributed by atoms with E-state index in [0.29, 0.717) is 39.4 Å². The molecule has 3 fully saturated rings. The molecule has 2 N–H and O–H groups in total. The molecule has 2 aromatic carbocycles. The van der Waals surface area contributed by atoms with Gasteiger partial charge in [-0.2, -0.15) is 8.61 Å². The highest BCUT2D eigenvalue weighted by molar-refractivity contribution is 7.89. The van der Waals surface area contributed by atoms with Crippen LogP contribution in [0.5, 0.6) is 0 Å². The summed E-state index contributed by atoms with van der Waals surface area (Å²) >= 11 is 0. The fourth-order valence-corrected chi connectivity index (χ4v) is 9.91. The Balaban J connectivity index is 1.24. The standard InChI is InChI=1S/C32H44N4O8S2/c1-31(2)20-26(34-30(38)25-7-5-9-28(19-25)46(41,42)36-12-16-44-17-13-36)21-32(3,22-31)23-33-29(37)24-6-4-8-27(18-24)45(39,40)35-10-14-43-15-11-35/h4-9,18-19,26H,10-17,20-23H2,1-3H3,(H,33,37)(H,34,38)/t26-,32+/m0/s1. The van der Waals surface area contributed by atoms with Crippen LogP contribution in [0.3, 0.4) is 0 Å². The number of hydrogen-bond donors (Lipinski definition) is 2. The van der Waals surface area contributed by atoms with Crippen LogP contribution in [0.15, 0.2) is 58.3 Å². The Hall–Kier alpha value is -2.88. The van der Waals surface area contributed by atoms with Crippen molar-refractivity contribution in [1.82, 2.24) is 19.2 Å². The molecule has 14 heteroatoms. The summed E-state index contributed by atoms with van der Waals surface area (Å²) in [5, 5.41) is 6.12. The Labute approximate surface area is 271 Å². The van der Waals surface area contributed by atoms with E-state index in [9.17, 15) is 26.4 Å². The van der Waals surface area contributed by atoms with Gasteiger partial charge >= 0.3 is 0 Å². The second-order valence-corrected chi connectivity index (χ2v) is 17.4. The number of sulfonamides is 2. The van der Waals surface area contributed by atoms with E-state index in [-0.39, 0.29) is 75.8 Å². The fraction of sp³-hybridized carbons (Fsp3) is 0.562. The van der Waals surface area contributed by atoms with Crippen molar-refractivity contribution in [2.45, 2.75) is 55.9 Å². The molecule has 2 atom stereocenters. The third-order valence-electron chi connectivity index (χ3n) is 8.86. The lowest BCUT2D eigenvalue weighted by molar-refractivity contribution is 0.0592. The van der Waals surface area contributed by atoms with Crippen LogP contribution in [0.25, 0.3) is 0 Å². The summed E-state index contributed by atoms with van der Waals surface area (Å²) in [5.41, 5.74) is 0.00181. The second-order valence-electron chi connectivity index (χ2n) is 13.5. The van der Waals surface area contributed by atoms with E-state index in [4.69, 9.17) is 9.47 Å². The zero-order chi connectivity index (χ0) is 33.2. The summed E-state index contributed by atoms with van der Waals surface area (Å²) in [6, 6.07) is 12.0. The van der Waals surface area contributed by atoms with E-state index >= 15 is 0 Å². The molecule has 2 aromatic rings. The number of carbonyl (C=O) groups excluding carboxylic acids is 2. The van der Waals surface area contributed by atoms with Gasteiger partial charge in [-0.3, -0.25) is 9.59 Å². The van der Waals surface area contributed by atoms with Crippen molar-refractivity contribution in [2.75, 3.05) is 59.2 Å². The second kappa shape index (κ2) is 13.7. The molecule has 3 aliphatic rings. The zero-order valence-electron chi connectivity index (χ0n) is 26.7. The molecule has 0 unspecified atom stereocenters. The number of nitrogens with zero attached hydrogens (tertiary/aromatic N) is 2. The summed E-state index contributed by atoms with van der Waals surface area (Å²) in [4.78, 5) is 26.8. The van der Waals surface area contributed by atoms with Crippen LogP contribution in [-0.4, -0.2) is 102 Å². The van der Waals surface area contributed by atoms with E-state index < -0.39 is 20.0 Å². The topological polar surface area (TPSA) is 151 Å². The number of rotatable bonds is 9. The van der Waals surface area contributed by atoms with E-state index in [1.165, 1.54) is 32.9 Å². The van der Waals surface area contributed by atoms with E-state index in [2.05, 4.69) is 31.4 Å². The van der Waals surface area contributed by atoms with Gasteiger partial charge in [0.05, 0.1) is 36.2 Å². The minimum Gasteiger partial charge on any atom is -0.379 e. The van der Waals surface area contributed by atoms with Crippen LogP contribution >= 0.6 is 0 Å². The van der Waals surface area contributed by atoms with Gasteiger partial charge in [0, 0.05) is 49.9 Å². The first kappa shape index (κ1) is 34.5. The zero-order valence-corrected chi connectivity index (χ0v) is 28.3. The van der Waals surface area contributed by atoms with Crippen LogP contribution in [0.4, 0.5) is 0 Å². The van der Waals surface area contributed by atoms with Crippen molar-refractivity contribution >= 4 is 31.9 Å². The lowest BCUT2D eigenvalue weighted by Crippen LogP contribution is -2.50. The molecule has 252 valence electrons. The smallest absolute Gasteiger partial charge is 0.251 e. The lowest BCUT2D eigenvalue weighted by atomic mass is 9.62. The van der Waals surface area contributed by atoms with Gasteiger partial charge in [0.25, 0.3) is 11.8 Å². The molecular formula is C32H44N4O8S2. The molecule has 0 aromatic heterocycles. The van der Waals surface area contributed by atoms with Crippen LogP contribution < -0.4 is 10.6 Å². The molecule has 0 radical (unpaired) electrons. The molecule has 12 nitrogen and oxygen atoms in total. The molecule has 2 saturated heterocycles. The third-order valence-corrected chi connectivity index (χ3v) is 12.7. The molecule has 0 spiro atoms. The highest BCUT2D eigenvalue weighted by atomic mass is 32.2. The quantitative estimate of drug-likeness (QED) is 0.411. The van der Waals surface area contributed by atoms with Crippen molar-refractivity contribution < 1.29 is 35.9 Å². The minimum absolute atomic E-state index is 0.0663.